The lowest BCUT2D eigenvalue weighted by molar-refractivity contribution is 0.0701. The quantitative estimate of drug-likeness (QED) is 0.119. The van der Waals surface area contributed by atoms with Gasteiger partial charge in [0, 0.05) is 32.6 Å². The first-order chi connectivity index (χ1) is 18.0. The number of carbonyl (C=O) groups is 2. The summed E-state index contributed by atoms with van der Waals surface area (Å²) in [6.07, 6.45) is 2.78. The van der Waals surface area contributed by atoms with Crippen LogP contribution in [0.5, 0.6) is 11.5 Å². The number of para-hydroxylation sites is 1. The molecule has 184 valence electrons. The summed E-state index contributed by atoms with van der Waals surface area (Å²) in [6.45, 7) is 0. The van der Waals surface area contributed by atoms with Crippen LogP contribution in [-0.4, -0.2) is 30.2 Å². The number of hydrazone groups is 1. The molecule has 5 rings (SSSR count). The molecule has 2 N–H and O–H groups in total. The Bertz CT molecular complexity index is 1620. The van der Waals surface area contributed by atoms with Crippen molar-refractivity contribution in [3.63, 3.8) is 0 Å². The molecule has 0 saturated heterocycles. The van der Waals surface area contributed by atoms with Crippen molar-refractivity contribution >= 4 is 40.6 Å². The van der Waals surface area contributed by atoms with Crippen molar-refractivity contribution < 1.29 is 23.5 Å². The summed E-state index contributed by atoms with van der Waals surface area (Å²) in [5, 5.41) is 5.36. The zero-order chi connectivity index (χ0) is 25.8. The summed E-state index contributed by atoms with van der Waals surface area (Å²) >= 11 is 6.49. The Balaban J connectivity index is 1.44. The number of H-pyrrole nitrogens is 1. The van der Waals surface area contributed by atoms with Gasteiger partial charge in [-0.15, -0.1) is 0 Å². The van der Waals surface area contributed by atoms with E-state index < -0.39 is 11.9 Å². The molecule has 0 aliphatic rings. The Morgan fingerprint density at radius 3 is 2.62 bits per heavy atom. The van der Waals surface area contributed by atoms with Crippen LogP contribution in [0.1, 0.15) is 26.6 Å². The standard InChI is InChI=1S/C28H20ClN3O5/c1-35-18-12-13-22-20(15-18)25(19-8-3-4-9-21(19)29)26(31-22)27(33)32-30-16-17-7-2-5-10-23(17)37-28(34)24-11-6-14-36-24/h2-16,31H,1H3,(H,32,33). The van der Waals surface area contributed by atoms with Crippen LogP contribution in [0, 0.1) is 0 Å². The number of aromatic nitrogens is 1. The van der Waals surface area contributed by atoms with Gasteiger partial charge in [0.2, 0.25) is 5.76 Å². The van der Waals surface area contributed by atoms with Crippen molar-refractivity contribution in [3.8, 4) is 22.6 Å². The number of furan rings is 1. The highest BCUT2D eigenvalue weighted by atomic mass is 35.5. The fourth-order valence-electron chi connectivity index (χ4n) is 3.85. The Hall–Kier alpha value is -4.82. The summed E-state index contributed by atoms with van der Waals surface area (Å²) in [5.41, 5.74) is 5.35. The SMILES string of the molecule is COc1ccc2[nH]c(C(=O)NN=Cc3ccccc3OC(=O)c3ccco3)c(-c3ccccc3Cl)c2c1. The average molecular weight is 514 g/mol. The highest BCUT2D eigenvalue weighted by molar-refractivity contribution is 6.34. The number of nitrogens with one attached hydrogen (secondary N) is 2. The number of benzene rings is 3. The summed E-state index contributed by atoms with van der Waals surface area (Å²) in [5.74, 6) is -0.149. The second kappa shape index (κ2) is 10.4. The van der Waals surface area contributed by atoms with Crippen molar-refractivity contribution in [2.75, 3.05) is 7.11 Å². The van der Waals surface area contributed by atoms with E-state index in [0.29, 0.717) is 27.5 Å². The van der Waals surface area contributed by atoms with Crippen molar-refractivity contribution in [1.82, 2.24) is 10.4 Å². The fourth-order valence-corrected chi connectivity index (χ4v) is 4.08. The first kappa shape index (κ1) is 23.9. The summed E-state index contributed by atoms with van der Waals surface area (Å²) in [7, 11) is 1.58. The third kappa shape index (κ3) is 4.96. The molecule has 0 fully saturated rings. The van der Waals surface area contributed by atoms with Crippen molar-refractivity contribution in [2.24, 2.45) is 5.10 Å². The van der Waals surface area contributed by atoms with Crippen LogP contribution in [-0.2, 0) is 0 Å². The Morgan fingerprint density at radius 1 is 1.03 bits per heavy atom. The molecule has 0 bridgehead atoms. The lowest BCUT2D eigenvalue weighted by Gasteiger charge is -2.07. The summed E-state index contributed by atoms with van der Waals surface area (Å²) in [4.78, 5) is 28.7. The molecule has 2 heterocycles. The van der Waals surface area contributed by atoms with Gasteiger partial charge in [0.05, 0.1) is 19.6 Å². The molecule has 0 unspecified atom stereocenters. The van der Waals surface area contributed by atoms with E-state index in [0.717, 1.165) is 10.9 Å². The Morgan fingerprint density at radius 2 is 1.84 bits per heavy atom. The Labute approximate surface area is 216 Å². The minimum absolute atomic E-state index is 0.0718. The van der Waals surface area contributed by atoms with Crippen LogP contribution in [0.3, 0.4) is 0 Å². The van der Waals surface area contributed by atoms with Gasteiger partial charge in [0.25, 0.3) is 5.91 Å². The largest absolute Gasteiger partial charge is 0.497 e. The van der Waals surface area contributed by atoms with Gasteiger partial charge >= 0.3 is 5.97 Å². The van der Waals surface area contributed by atoms with E-state index >= 15 is 0 Å². The fraction of sp³-hybridized carbons (Fsp3) is 0.0357. The van der Waals surface area contributed by atoms with Crippen LogP contribution in [0.15, 0.2) is 94.6 Å². The van der Waals surface area contributed by atoms with Gasteiger partial charge in [-0.2, -0.15) is 5.10 Å². The molecular formula is C28H20ClN3O5. The first-order valence-electron chi connectivity index (χ1n) is 11.2. The van der Waals surface area contributed by atoms with Gasteiger partial charge in [0.1, 0.15) is 17.2 Å². The summed E-state index contributed by atoms with van der Waals surface area (Å²) < 4.78 is 15.9. The third-order valence-corrected chi connectivity index (χ3v) is 5.92. The maximum atomic E-state index is 13.3. The number of ether oxygens (including phenoxy) is 2. The molecule has 0 atom stereocenters. The number of hydrogen-bond donors (Lipinski definition) is 2. The number of nitrogens with zero attached hydrogens (tertiary/aromatic N) is 1. The van der Waals surface area contributed by atoms with E-state index in [9.17, 15) is 9.59 Å². The molecule has 2 aromatic heterocycles. The third-order valence-electron chi connectivity index (χ3n) is 5.59. The normalized spacial score (nSPS) is 11.1. The van der Waals surface area contributed by atoms with E-state index in [1.54, 1.807) is 49.6 Å². The van der Waals surface area contributed by atoms with Crippen LogP contribution in [0.2, 0.25) is 5.02 Å². The van der Waals surface area contributed by atoms with Crippen LogP contribution < -0.4 is 14.9 Å². The second-order valence-electron chi connectivity index (χ2n) is 7.87. The second-order valence-corrected chi connectivity index (χ2v) is 8.28. The van der Waals surface area contributed by atoms with Gasteiger partial charge < -0.3 is 18.9 Å². The molecule has 9 heteroatoms. The van der Waals surface area contributed by atoms with Crippen molar-refractivity contribution in [3.05, 3.63) is 107 Å². The first-order valence-corrected chi connectivity index (χ1v) is 11.6. The number of hydrogen-bond acceptors (Lipinski definition) is 6. The number of halogens is 1. The smallest absolute Gasteiger partial charge is 0.379 e. The van der Waals surface area contributed by atoms with Crippen LogP contribution >= 0.6 is 11.6 Å². The maximum Gasteiger partial charge on any atom is 0.379 e. The van der Waals surface area contributed by atoms with E-state index in [4.69, 9.17) is 25.5 Å². The molecular weight excluding hydrogens is 494 g/mol. The van der Waals surface area contributed by atoms with Crippen molar-refractivity contribution in [2.45, 2.75) is 0 Å². The average Bonchev–Trinajstić information content (AvgIpc) is 3.58. The van der Waals surface area contributed by atoms with Crippen LogP contribution in [0.4, 0.5) is 0 Å². The molecule has 0 aliphatic carbocycles. The number of fused-ring (bicyclic) bond motifs is 1. The number of carbonyl (C=O) groups excluding carboxylic acids is 2. The molecule has 0 aliphatic heterocycles. The highest BCUT2D eigenvalue weighted by Crippen LogP contribution is 2.38. The van der Waals surface area contributed by atoms with E-state index in [2.05, 4.69) is 15.5 Å². The number of methoxy groups -OCH3 is 1. The number of esters is 1. The van der Waals surface area contributed by atoms with E-state index in [-0.39, 0.29) is 17.2 Å². The lowest BCUT2D eigenvalue weighted by atomic mass is 10.0. The van der Waals surface area contributed by atoms with Gasteiger partial charge in [-0.3, -0.25) is 4.79 Å². The summed E-state index contributed by atoms with van der Waals surface area (Å²) in [6, 6.07) is 22.6. The molecule has 8 nitrogen and oxygen atoms in total. The molecule has 0 radical (unpaired) electrons. The van der Waals surface area contributed by atoms with E-state index in [1.165, 1.54) is 18.5 Å². The zero-order valence-electron chi connectivity index (χ0n) is 19.5. The number of aromatic amines is 1. The lowest BCUT2D eigenvalue weighted by Crippen LogP contribution is -2.19. The minimum atomic E-state index is -0.646. The molecule has 37 heavy (non-hydrogen) atoms. The number of amides is 1. The van der Waals surface area contributed by atoms with E-state index in [1.807, 2.05) is 30.3 Å². The zero-order valence-corrected chi connectivity index (χ0v) is 20.3. The Kier molecular flexibility index (Phi) is 6.74. The van der Waals surface area contributed by atoms with Gasteiger partial charge in [0.15, 0.2) is 0 Å². The predicted octanol–water partition coefficient (Wildman–Crippen LogP) is 6.07. The molecule has 3 aromatic carbocycles. The van der Waals surface area contributed by atoms with Crippen molar-refractivity contribution in [1.29, 1.82) is 0 Å². The predicted molar refractivity (Wildman–Crippen MR) is 140 cm³/mol. The maximum absolute atomic E-state index is 13.3. The van der Waals surface area contributed by atoms with Gasteiger partial charge in [-0.05, 0) is 48.5 Å². The van der Waals surface area contributed by atoms with Gasteiger partial charge in [-0.1, -0.05) is 41.9 Å². The highest BCUT2D eigenvalue weighted by Gasteiger charge is 2.21. The molecule has 0 spiro atoms. The van der Waals surface area contributed by atoms with Crippen LogP contribution in [0.25, 0.3) is 22.0 Å². The molecule has 5 aromatic rings. The number of rotatable bonds is 7. The molecule has 0 saturated carbocycles. The monoisotopic (exact) mass is 513 g/mol. The molecule has 1 amide bonds. The topological polar surface area (TPSA) is 106 Å². The van der Waals surface area contributed by atoms with Gasteiger partial charge in [-0.25, -0.2) is 10.2 Å². The minimum Gasteiger partial charge on any atom is -0.497 e.